The van der Waals surface area contributed by atoms with Crippen molar-refractivity contribution in [3.05, 3.63) is 0 Å². The van der Waals surface area contributed by atoms with E-state index >= 15 is 0 Å². The van der Waals surface area contributed by atoms with Crippen LogP contribution in [0, 0.1) is 0 Å². The Morgan fingerprint density at radius 2 is 0.862 bits per heavy atom. The fraction of sp³-hybridized carbons (Fsp3) is 0.714. The molecule has 16 N–H and O–H groups in total. The Morgan fingerprint density at radius 1 is 0.517 bits per heavy atom. The number of amidine groups is 4. The van der Waals surface area contributed by atoms with Crippen molar-refractivity contribution >= 4 is 103 Å². The van der Waals surface area contributed by atoms with E-state index in [2.05, 4.69) is 0 Å². The Labute approximate surface area is 202 Å². The predicted octanol–water partition coefficient (Wildman–Crippen LogP) is -4.85. The molecule has 0 saturated heterocycles. The third-order valence-corrected chi connectivity index (χ3v) is 11.3. The Bertz CT molecular complexity index is 478. The Balaban J connectivity index is 4.41. The summed E-state index contributed by atoms with van der Waals surface area (Å²) >= 11 is 11.7. The highest BCUT2D eigenvalue weighted by molar-refractivity contribution is 8.16. The minimum absolute atomic E-state index is 0.404. The first-order chi connectivity index (χ1) is 13.7. The van der Waals surface area contributed by atoms with Gasteiger partial charge in [-0.1, -0.05) is 0 Å². The summed E-state index contributed by atoms with van der Waals surface area (Å²) in [5.41, 5.74) is 22.2. The lowest BCUT2D eigenvalue weighted by Gasteiger charge is -2.18. The molecule has 168 valence electrons. The lowest BCUT2D eigenvalue weighted by molar-refractivity contribution is -0.110. The summed E-state index contributed by atoms with van der Waals surface area (Å²) in [4.78, 5) is 0. The van der Waals surface area contributed by atoms with Crippen molar-refractivity contribution in [3.8, 4) is 0 Å². The molecule has 0 bridgehead atoms. The fourth-order valence-corrected chi connectivity index (χ4v) is 9.03. The molecule has 0 aliphatic carbocycles. The SMILES string of the molecule is NC(=[NH2+])SCCSC(CSCC(CSC(N)=[NH2+])SCCSC(N)=[NH2+])CSC(N)=[NH2+]. The van der Waals surface area contributed by atoms with E-state index in [9.17, 15) is 0 Å². The molecule has 0 fully saturated rings. The zero-order valence-electron chi connectivity index (χ0n) is 16.3. The van der Waals surface area contributed by atoms with Gasteiger partial charge in [-0.3, -0.25) is 44.6 Å². The second-order valence-electron chi connectivity index (χ2n) is 5.45. The summed E-state index contributed by atoms with van der Waals surface area (Å²) in [6, 6.07) is 0. The zero-order valence-corrected chi connectivity index (χ0v) is 22.0. The summed E-state index contributed by atoms with van der Waals surface area (Å²) in [5, 5.41) is 24.7. The molecule has 0 heterocycles. The van der Waals surface area contributed by atoms with Gasteiger partial charge in [0, 0.05) is 56.5 Å². The molecule has 0 aliphatic heterocycles. The van der Waals surface area contributed by atoms with Crippen LogP contribution in [0.25, 0.3) is 0 Å². The first-order valence-electron chi connectivity index (χ1n) is 8.54. The third-order valence-electron chi connectivity index (χ3n) is 2.89. The van der Waals surface area contributed by atoms with E-state index < -0.39 is 0 Å². The van der Waals surface area contributed by atoms with Crippen molar-refractivity contribution in [3.63, 3.8) is 0 Å². The van der Waals surface area contributed by atoms with Crippen molar-refractivity contribution in [2.24, 2.45) is 22.9 Å². The summed E-state index contributed by atoms with van der Waals surface area (Å²) in [5.74, 6) is 7.51. The molecule has 0 aromatic rings. The maximum absolute atomic E-state index is 5.62. The van der Waals surface area contributed by atoms with Gasteiger partial charge < -0.3 is 0 Å². The molecule has 2 unspecified atom stereocenters. The molecule has 0 rings (SSSR count). The van der Waals surface area contributed by atoms with Gasteiger partial charge in [0.05, 0.1) is 0 Å². The number of nitrogens with two attached hydrogens (primary N) is 8. The van der Waals surface area contributed by atoms with Crippen LogP contribution in [0.3, 0.4) is 0 Å². The average Bonchev–Trinajstić information content (AvgIpc) is 2.62. The lowest BCUT2D eigenvalue weighted by atomic mass is 10.5. The Kier molecular flexibility index (Phi) is 19.3. The summed E-state index contributed by atoms with van der Waals surface area (Å²) in [7, 11) is 0. The van der Waals surface area contributed by atoms with E-state index in [0.29, 0.717) is 31.2 Å². The quantitative estimate of drug-likeness (QED) is 0.0531. The first kappa shape index (κ1) is 29.3. The van der Waals surface area contributed by atoms with Crippen LogP contribution >= 0.6 is 82.3 Å². The molecule has 0 amide bonds. The van der Waals surface area contributed by atoms with Gasteiger partial charge in [-0.2, -0.15) is 35.3 Å². The smallest absolute Gasteiger partial charge is 0.282 e. The van der Waals surface area contributed by atoms with Gasteiger partial charge in [-0.25, -0.2) is 0 Å². The lowest BCUT2D eigenvalue weighted by Crippen LogP contribution is -2.43. The van der Waals surface area contributed by atoms with Crippen LogP contribution in [0.5, 0.6) is 0 Å². The second kappa shape index (κ2) is 19.0. The van der Waals surface area contributed by atoms with Crippen LogP contribution in [-0.2, 0) is 0 Å². The van der Waals surface area contributed by atoms with Crippen molar-refractivity contribution in [1.29, 1.82) is 0 Å². The minimum atomic E-state index is 0.404. The van der Waals surface area contributed by atoms with E-state index in [0.717, 1.165) is 46.0 Å². The number of hydrogen-bond acceptors (Lipinski definition) is 7. The average molecular weight is 539 g/mol. The molecular weight excluding hydrogens is 505 g/mol. The molecular formula is C14H34N8S7+4. The van der Waals surface area contributed by atoms with Gasteiger partial charge in [0.2, 0.25) is 0 Å². The minimum Gasteiger partial charge on any atom is -0.282 e. The molecule has 0 aliphatic rings. The van der Waals surface area contributed by atoms with Crippen molar-refractivity contribution in [1.82, 2.24) is 0 Å². The van der Waals surface area contributed by atoms with Crippen LogP contribution in [-0.4, -0.2) is 77.2 Å². The van der Waals surface area contributed by atoms with E-state index in [4.69, 9.17) is 44.6 Å². The molecule has 0 spiro atoms. The molecule has 29 heavy (non-hydrogen) atoms. The highest BCUT2D eigenvalue weighted by Crippen LogP contribution is 2.26. The first-order valence-corrected chi connectivity index (χ1v) is 15.7. The predicted molar refractivity (Wildman–Crippen MR) is 144 cm³/mol. The van der Waals surface area contributed by atoms with Crippen molar-refractivity contribution < 1.29 is 21.6 Å². The van der Waals surface area contributed by atoms with Crippen molar-refractivity contribution in [2.75, 3.05) is 46.0 Å². The van der Waals surface area contributed by atoms with Crippen LogP contribution in [0.2, 0.25) is 0 Å². The molecule has 8 nitrogen and oxygen atoms in total. The van der Waals surface area contributed by atoms with E-state index in [1.54, 1.807) is 0 Å². The van der Waals surface area contributed by atoms with Gasteiger partial charge in [0.1, 0.15) is 0 Å². The molecule has 0 radical (unpaired) electrons. The van der Waals surface area contributed by atoms with E-state index in [1.807, 2.05) is 35.3 Å². The largest absolute Gasteiger partial charge is 0.299 e. The molecule has 15 heteroatoms. The van der Waals surface area contributed by atoms with Gasteiger partial charge in [-0.05, 0) is 47.0 Å². The Morgan fingerprint density at radius 3 is 1.17 bits per heavy atom. The maximum atomic E-state index is 5.62. The monoisotopic (exact) mass is 538 g/mol. The van der Waals surface area contributed by atoms with Crippen molar-refractivity contribution in [2.45, 2.75) is 10.5 Å². The maximum Gasteiger partial charge on any atom is 0.299 e. The summed E-state index contributed by atoms with van der Waals surface area (Å²) < 4.78 is 0. The van der Waals surface area contributed by atoms with Gasteiger partial charge in [-0.15, -0.1) is 0 Å². The van der Waals surface area contributed by atoms with E-state index in [1.165, 1.54) is 47.0 Å². The zero-order chi connectivity index (χ0) is 22.1. The van der Waals surface area contributed by atoms with Crippen LogP contribution < -0.4 is 44.6 Å². The standard InChI is InChI=1S/C14H30N8S7/c15-11(16)26-3-1-24-9(7-28-13(19)20)5-23-6-10(8-29-14(21)22)25-2-4-27-12(17)18/h9-10H,1-8H2,(H3,15,16)(H3,17,18)(H3,19,20)(H3,21,22)/p+4. The highest BCUT2D eigenvalue weighted by Gasteiger charge is 2.16. The summed E-state index contributed by atoms with van der Waals surface area (Å²) in [6.07, 6.45) is 0. The molecule has 0 aromatic heterocycles. The molecule has 2 atom stereocenters. The van der Waals surface area contributed by atoms with Gasteiger partial charge in [0.15, 0.2) is 0 Å². The number of rotatable bonds is 16. The highest BCUT2D eigenvalue weighted by atomic mass is 32.2. The number of thioether (sulfide) groups is 7. The topological polar surface area (TPSA) is 206 Å². The van der Waals surface area contributed by atoms with Crippen LogP contribution in [0.4, 0.5) is 0 Å². The molecule has 0 aromatic carbocycles. The summed E-state index contributed by atoms with van der Waals surface area (Å²) in [6.45, 7) is 0. The Hall–Kier alpha value is 0.330. The van der Waals surface area contributed by atoms with Gasteiger partial charge >= 0.3 is 0 Å². The van der Waals surface area contributed by atoms with E-state index in [-0.39, 0.29) is 0 Å². The number of hydrogen-bond donors (Lipinski definition) is 8. The normalized spacial score (nSPS) is 13.0. The van der Waals surface area contributed by atoms with Gasteiger partial charge in [0.25, 0.3) is 20.7 Å². The third kappa shape index (κ3) is 21.4. The fourth-order valence-electron chi connectivity index (χ4n) is 1.75. The van der Waals surface area contributed by atoms with Crippen LogP contribution in [0.15, 0.2) is 0 Å². The van der Waals surface area contributed by atoms with Crippen LogP contribution in [0.1, 0.15) is 0 Å². The molecule has 0 saturated carbocycles. The second-order valence-corrected chi connectivity index (χ2v) is 13.9.